The molecule has 1 aliphatic carbocycles. The molecule has 0 fully saturated rings. The molecule has 0 aromatic heterocycles. The Morgan fingerprint density at radius 3 is 2.57 bits per heavy atom. The van der Waals surface area contributed by atoms with Crippen LogP contribution in [0.5, 0.6) is 11.5 Å². The van der Waals surface area contributed by atoms with Crippen molar-refractivity contribution in [2.45, 2.75) is 12.8 Å². The molecule has 2 aliphatic rings. The van der Waals surface area contributed by atoms with Crippen molar-refractivity contribution < 1.29 is 14.3 Å². The molecule has 1 unspecified atom stereocenters. The Morgan fingerprint density at radius 2 is 1.91 bits per heavy atom. The summed E-state index contributed by atoms with van der Waals surface area (Å²) in [6.07, 6.45) is 1.27. The van der Waals surface area contributed by atoms with E-state index in [-0.39, 0.29) is 11.8 Å². The van der Waals surface area contributed by atoms with Crippen molar-refractivity contribution in [2.75, 3.05) is 41.4 Å². The summed E-state index contributed by atoms with van der Waals surface area (Å²) >= 11 is 0. The highest BCUT2D eigenvalue weighted by molar-refractivity contribution is 6.11. The van der Waals surface area contributed by atoms with E-state index >= 15 is 0 Å². The highest BCUT2D eigenvalue weighted by Crippen LogP contribution is 2.42. The minimum absolute atomic E-state index is 0.0892. The average Bonchev–Trinajstić information content (AvgIpc) is 2.89. The number of nitrogens with zero attached hydrogens (tertiary/aromatic N) is 3. The lowest BCUT2D eigenvalue weighted by Gasteiger charge is -2.27. The molecule has 0 radical (unpaired) electrons. The van der Waals surface area contributed by atoms with E-state index in [0.29, 0.717) is 13.0 Å². The number of benzene rings is 1. The van der Waals surface area contributed by atoms with Gasteiger partial charge in [0.25, 0.3) is 0 Å². The number of likely N-dealkylation sites (N-methyl/N-ethyl adjacent to an activating group) is 1. The molecule has 0 N–H and O–H groups in total. The third kappa shape index (κ3) is 2.79. The first-order valence-corrected chi connectivity index (χ1v) is 7.83. The Balaban J connectivity index is 2.00. The van der Waals surface area contributed by atoms with Crippen LogP contribution in [0.1, 0.15) is 17.5 Å². The Morgan fingerprint density at radius 1 is 1.22 bits per heavy atom. The minimum atomic E-state index is 0.0892. The molecule has 124 valence electrons. The summed E-state index contributed by atoms with van der Waals surface area (Å²) in [7, 11) is 7.31. The van der Waals surface area contributed by atoms with Gasteiger partial charge < -0.3 is 14.4 Å². The average molecular weight is 317 g/mol. The molecule has 1 amide bonds. The van der Waals surface area contributed by atoms with E-state index in [1.165, 1.54) is 0 Å². The molecule has 1 aromatic rings. The fraction of sp³-hybridized carbons (Fsp3) is 0.529. The van der Waals surface area contributed by atoms with Crippen LogP contribution in [0.15, 0.2) is 17.2 Å². The second kappa shape index (κ2) is 6.20. The van der Waals surface area contributed by atoms with Crippen molar-refractivity contribution >= 4 is 11.6 Å². The van der Waals surface area contributed by atoms with Gasteiger partial charge >= 0.3 is 0 Å². The molecule has 1 aromatic carbocycles. The van der Waals surface area contributed by atoms with E-state index in [4.69, 9.17) is 9.47 Å². The normalized spacial score (nSPS) is 19.5. The molecule has 6 heteroatoms. The fourth-order valence-corrected chi connectivity index (χ4v) is 3.27. The zero-order valence-corrected chi connectivity index (χ0v) is 14.1. The highest BCUT2D eigenvalue weighted by atomic mass is 16.5. The third-order valence-corrected chi connectivity index (χ3v) is 4.46. The van der Waals surface area contributed by atoms with Crippen LogP contribution in [0.2, 0.25) is 0 Å². The molecule has 1 aliphatic heterocycles. The van der Waals surface area contributed by atoms with E-state index in [9.17, 15) is 4.79 Å². The standard InChI is InChI=1S/C17H23N3O3/c1-19(2)7-8-20-15(21)10-11-9-12-13(22-3)5-6-14(23-4)16(12)17(11)18-20/h5-6,11H,7-10H2,1-4H3. The Hall–Kier alpha value is -2.08. The molecule has 0 bridgehead atoms. The van der Waals surface area contributed by atoms with Gasteiger partial charge in [0.1, 0.15) is 11.5 Å². The summed E-state index contributed by atoms with van der Waals surface area (Å²) in [5.41, 5.74) is 3.05. The smallest absolute Gasteiger partial charge is 0.243 e. The Kier molecular flexibility index (Phi) is 4.26. The van der Waals surface area contributed by atoms with Gasteiger partial charge in [-0.1, -0.05) is 0 Å². The number of rotatable bonds is 5. The van der Waals surface area contributed by atoms with Crippen LogP contribution in [0.25, 0.3) is 0 Å². The van der Waals surface area contributed by atoms with Crippen LogP contribution >= 0.6 is 0 Å². The first kappa shape index (κ1) is 15.8. The van der Waals surface area contributed by atoms with E-state index in [1.807, 2.05) is 31.1 Å². The number of methoxy groups -OCH3 is 2. The number of hydrazone groups is 1. The number of hydrogen-bond acceptors (Lipinski definition) is 5. The van der Waals surface area contributed by atoms with Crippen molar-refractivity contribution in [3.05, 3.63) is 23.3 Å². The molecular formula is C17H23N3O3. The molecule has 0 spiro atoms. The lowest BCUT2D eigenvalue weighted by atomic mass is 9.98. The van der Waals surface area contributed by atoms with Gasteiger partial charge in [-0.25, -0.2) is 5.01 Å². The summed E-state index contributed by atoms with van der Waals surface area (Å²) in [5.74, 6) is 1.85. The monoisotopic (exact) mass is 317 g/mol. The van der Waals surface area contributed by atoms with Crippen molar-refractivity contribution in [3.63, 3.8) is 0 Å². The van der Waals surface area contributed by atoms with E-state index in [1.54, 1.807) is 19.2 Å². The zero-order chi connectivity index (χ0) is 16.6. The minimum Gasteiger partial charge on any atom is -0.496 e. The number of ether oxygens (including phenoxy) is 2. The lowest BCUT2D eigenvalue weighted by molar-refractivity contribution is -0.132. The van der Waals surface area contributed by atoms with Gasteiger partial charge in [0, 0.05) is 30.0 Å². The Bertz CT molecular complexity index is 655. The number of fused-ring (bicyclic) bond motifs is 3. The van der Waals surface area contributed by atoms with Crippen LogP contribution < -0.4 is 9.47 Å². The molecule has 6 nitrogen and oxygen atoms in total. The second-order valence-electron chi connectivity index (χ2n) is 6.23. The first-order valence-electron chi connectivity index (χ1n) is 7.83. The quantitative estimate of drug-likeness (QED) is 0.823. The van der Waals surface area contributed by atoms with E-state index in [0.717, 1.165) is 41.3 Å². The van der Waals surface area contributed by atoms with Gasteiger partial charge in [-0.15, -0.1) is 0 Å². The summed E-state index contributed by atoms with van der Waals surface area (Å²) in [5, 5.41) is 6.26. The van der Waals surface area contributed by atoms with Crippen molar-refractivity contribution in [2.24, 2.45) is 11.0 Å². The van der Waals surface area contributed by atoms with Crippen LogP contribution in [-0.2, 0) is 11.2 Å². The largest absolute Gasteiger partial charge is 0.496 e. The maximum atomic E-state index is 12.3. The third-order valence-electron chi connectivity index (χ3n) is 4.46. The van der Waals surface area contributed by atoms with E-state index < -0.39 is 0 Å². The first-order chi connectivity index (χ1) is 11.0. The van der Waals surface area contributed by atoms with Crippen molar-refractivity contribution in [1.29, 1.82) is 0 Å². The predicted molar refractivity (Wildman–Crippen MR) is 88.2 cm³/mol. The molecule has 0 saturated carbocycles. The van der Waals surface area contributed by atoms with Crippen LogP contribution in [0.3, 0.4) is 0 Å². The number of carbonyl (C=O) groups is 1. The number of carbonyl (C=O) groups excluding carboxylic acids is 1. The van der Waals surface area contributed by atoms with Crippen molar-refractivity contribution in [1.82, 2.24) is 9.91 Å². The van der Waals surface area contributed by atoms with Gasteiger partial charge in [0.2, 0.25) is 5.91 Å². The topological polar surface area (TPSA) is 54.4 Å². The van der Waals surface area contributed by atoms with Crippen molar-refractivity contribution in [3.8, 4) is 11.5 Å². The molecule has 1 heterocycles. The van der Waals surface area contributed by atoms with Crippen LogP contribution in [-0.4, -0.2) is 62.9 Å². The summed E-state index contributed by atoms with van der Waals surface area (Å²) < 4.78 is 11.0. The Labute approximate surface area is 136 Å². The molecule has 3 rings (SSSR count). The van der Waals surface area contributed by atoms with Gasteiger partial charge in [0.05, 0.1) is 26.5 Å². The summed E-state index contributed by atoms with van der Waals surface area (Å²) in [6, 6.07) is 3.82. The summed E-state index contributed by atoms with van der Waals surface area (Å²) in [4.78, 5) is 14.4. The second-order valence-corrected chi connectivity index (χ2v) is 6.23. The highest BCUT2D eigenvalue weighted by Gasteiger charge is 2.39. The maximum absolute atomic E-state index is 12.3. The maximum Gasteiger partial charge on any atom is 0.243 e. The predicted octanol–water partition coefficient (Wildman–Crippen LogP) is 1.37. The molecule has 0 saturated heterocycles. The van der Waals surface area contributed by atoms with Crippen LogP contribution in [0, 0.1) is 5.92 Å². The molecule has 1 atom stereocenters. The van der Waals surface area contributed by atoms with Gasteiger partial charge in [0.15, 0.2) is 0 Å². The van der Waals surface area contributed by atoms with Gasteiger partial charge in [-0.05, 0) is 32.6 Å². The zero-order valence-electron chi connectivity index (χ0n) is 14.1. The SMILES string of the molecule is COc1ccc(OC)c2c1CC1CC(=O)N(CCN(C)C)N=C21. The van der Waals surface area contributed by atoms with Gasteiger partial charge in [-0.2, -0.15) is 5.10 Å². The van der Waals surface area contributed by atoms with Gasteiger partial charge in [-0.3, -0.25) is 4.79 Å². The van der Waals surface area contributed by atoms with Crippen LogP contribution in [0.4, 0.5) is 0 Å². The lowest BCUT2D eigenvalue weighted by Crippen LogP contribution is -2.39. The molecular weight excluding hydrogens is 294 g/mol. The number of hydrogen-bond donors (Lipinski definition) is 0. The van der Waals surface area contributed by atoms with E-state index in [2.05, 4.69) is 5.10 Å². The molecule has 23 heavy (non-hydrogen) atoms. The fourth-order valence-electron chi connectivity index (χ4n) is 3.27. The summed E-state index contributed by atoms with van der Waals surface area (Å²) in [6.45, 7) is 1.39. The number of amides is 1.